The number of nitro groups is 1. The van der Waals surface area contributed by atoms with Gasteiger partial charge in [-0.15, -0.1) is 0 Å². The molecule has 0 radical (unpaired) electrons. The molecule has 20 heavy (non-hydrogen) atoms. The molecule has 3 N–H and O–H groups in total. The fourth-order valence-corrected chi connectivity index (χ4v) is 2.39. The van der Waals surface area contributed by atoms with Crippen LogP contribution in [0.3, 0.4) is 0 Å². The maximum atomic E-state index is 12.5. The summed E-state index contributed by atoms with van der Waals surface area (Å²) in [5.74, 6) is -0.430. The molecule has 0 saturated carbocycles. The number of aromatic nitrogens is 1. The molecule has 2 heterocycles. The van der Waals surface area contributed by atoms with Crippen LogP contribution in [-0.2, 0) is 0 Å². The normalized spacial score (nSPS) is 18.9. The summed E-state index contributed by atoms with van der Waals surface area (Å²) in [6.07, 6.45) is 3.42. The van der Waals surface area contributed by atoms with Gasteiger partial charge in [0.2, 0.25) is 0 Å². The fourth-order valence-electron chi connectivity index (χ4n) is 2.39. The van der Waals surface area contributed by atoms with Crippen molar-refractivity contribution >= 4 is 17.4 Å². The van der Waals surface area contributed by atoms with Crippen molar-refractivity contribution in [3.8, 4) is 0 Å². The molecule has 2 rings (SSSR count). The molecule has 108 valence electrons. The van der Waals surface area contributed by atoms with E-state index >= 15 is 0 Å². The quantitative estimate of drug-likeness (QED) is 0.616. The van der Waals surface area contributed by atoms with Crippen molar-refractivity contribution in [2.75, 3.05) is 18.9 Å². The Bertz CT molecular complexity index is 534. The number of nitrogen functional groups attached to an aromatic ring is 1. The molecule has 1 fully saturated rings. The van der Waals surface area contributed by atoms with Gasteiger partial charge in [0, 0.05) is 6.54 Å². The summed E-state index contributed by atoms with van der Waals surface area (Å²) in [6.45, 7) is 0.323. The van der Waals surface area contributed by atoms with E-state index in [2.05, 4.69) is 4.98 Å². The summed E-state index contributed by atoms with van der Waals surface area (Å²) < 4.78 is 0. The summed E-state index contributed by atoms with van der Waals surface area (Å²) in [5.41, 5.74) is 5.06. The molecule has 1 aromatic rings. The third-order valence-corrected chi connectivity index (χ3v) is 3.43. The minimum Gasteiger partial charge on any atom is -0.394 e. The van der Waals surface area contributed by atoms with Gasteiger partial charge in [-0.1, -0.05) is 0 Å². The highest BCUT2D eigenvalue weighted by Gasteiger charge is 2.31. The Balaban J connectivity index is 2.36. The number of hydrogen-bond acceptors (Lipinski definition) is 6. The Kier molecular flexibility index (Phi) is 4.14. The number of pyridine rings is 1. The van der Waals surface area contributed by atoms with Crippen LogP contribution in [0.15, 0.2) is 12.3 Å². The van der Waals surface area contributed by atoms with Crippen molar-refractivity contribution < 1.29 is 14.8 Å². The standard InChI is InChI=1S/C12H16N4O4/c13-11-5-9(10(6-14-11)16(19)20)12(18)15-4-2-1-3-8(15)7-17/h5-6,8,17H,1-4,7H2,(H2,13,14). The molecule has 8 heteroatoms. The Morgan fingerprint density at radius 1 is 1.60 bits per heavy atom. The Labute approximate surface area is 115 Å². The highest BCUT2D eigenvalue weighted by Crippen LogP contribution is 2.25. The third-order valence-electron chi connectivity index (χ3n) is 3.43. The number of piperidine rings is 1. The first-order chi connectivity index (χ1) is 9.54. The lowest BCUT2D eigenvalue weighted by molar-refractivity contribution is -0.385. The molecule has 1 amide bonds. The topological polar surface area (TPSA) is 123 Å². The predicted molar refractivity (Wildman–Crippen MR) is 71.1 cm³/mol. The van der Waals surface area contributed by atoms with Crippen LogP contribution < -0.4 is 5.73 Å². The van der Waals surface area contributed by atoms with Gasteiger partial charge in [0.25, 0.3) is 11.6 Å². The van der Waals surface area contributed by atoms with Gasteiger partial charge in [-0.2, -0.15) is 0 Å². The highest BCUT2D eigenvalue weighted by molar-refractivity contribution is 5.98. The minimum absolute atomic E-state index is 0.0523. The Hall–Kier alpha value is -2.22. The minimum atomic E-state index is -0.655. The molecule has 1 aromatic heterocycles. The number of carbonyl (C=O) groups excluding carboxylic acids is 1. The largest absolute Gasteiger partial charge is 0.394 e. The Morgan fingerprint density at radius 3 is 3.00 bits per heavy atom. The van der Waals surface area contributed by atoms with Gasteiger partial charge in [0.1, 0.15) is 17.6 Å². The lowest BCUT2D eigenvalue weighted by Gasteiger charge is -2.34. The van der Waals surface area contributed by atoms with Crippen LogP contribution in [-0.4, -0.2) is 45.0 Å². The van der Waals surface area contributed by atoms with Gasteiger partial charge in [-0.05, 0) is 25.3 Å². The lowest BCUT2D eigenvalue weighted by Crippen LogP contribution is -2.45. The van der Waals surface area contributed by atoms with Crippen LogP contribution in [0.2, 0.25) is 0 Å². The summed E-state index contributed by atoms with van der Waals surface area (Å²) in [6, 6.07) is 0.911. The van der Waals surface area contributed by atoms with E-state index in [0.29, 0.717) is 13.0 Å². The van der Waals surface area contributed by atoms with Crippen LogP contribution in [0.4, 0.5) is 11.5 Å². The van der Waals surface area contributed by atoms with Crippen molar-refractivity contribution in [3.05, 3.63) is 27.9 Å². The smallest absolute Gasteiger partial charge is 0.300 e. The van der Waals surface area contributed by atoms with Gasteiger partial charge in [-0.25, -0.2) is 4.98 Å². The lowest BCUT2D eigenvalue weighted by atomic mass is 10.0. The number of nitrogens with two attached hydrogens (primary N) is 1. The number of aliphatic hydroxyl groups excluding tert-OH is 1. The molecule has 8 nitrogen and oxygen atoms in total. The SMILES string of the molecule is Nc1cc(C(=O)N2CCCCC2CO)c([N+](=O)[O-])cn1. The number of amides is 1. The van der Waals surface area contributed by atoms with E-state index in [1.165, 1.54) is 11.0 Å². The Morgan fingerprint density at radius 2 is 2.35 bits per heavy atom. The zero-order valence-electron chi connectivity index (χ0n) is 10.9. The van der Waals surface area contributed by atoms with Gasteiger partial charge in [0.05, 0.1) is 17.6 Å². The van der Waals surface area contributed by atoms with Crippen LogP contribution in [0.5, 0.6) is 0 Å². The average molecular weight is 280 g/mol. The molecule has 1 atom stereocenters. The molecule has 1 saturated heterocycles. The monoisotopic (exact) mass is 280 g/mol. The maximum Gasteiger partial charge on any atom is 0.300 e. The summed E-state index contributed by atoms with van der Waals surface area (Å²) in [7, 11) is 0. The molecular weight excluding hydrogens is 264 g/mol. The van der Waals surface area contributed by atoms with Crippen molar-refractivity contribution in [2.45, 2.75) is 25.3 Å². The number of aliphatic hydroxyl groups is 1. The number of hydrogen-bond donors (Lipinski definition) is 2. The molecule has 1 aliphatic heterocycles. The van der Waals surface area contributed by atoms with E-state index in [1.54, 1.807) is 0 Å². The predicted octanol–water partition coefficient (Wildman–Crippen LogP) is 0.559. The molecule has 0 bridgehead atoms. The molecule has 0 aromatic carbocycles. The van der Waals surface area contributed by atoms with Crippen LogP contribution in [0.25, 0.3) is 0 Å². The average Bonchev–Trinajstić information content (AvgIpc) is 2.46. The number of rotatable bonds is 3. The highest BCUT2D eigenvalue weighted by atomic mass is 16.6. The molecule has 1 aliphatic rings. The fraction of sp³-hybridized carbons (Fsp3) is 0.500. The van der Waals surface area contributed by atoms with E-state index in [9.17, 15) is 20.0 Å². The molecular formula is C12H16N4O4. The zero-order valence-corrected chi connectivity index (χ0v) is 10.9. The van der Waals surface area contributed by atoms with E-state index in [0.717, 1.165) is 19.0 Å². The van der Waals surface area contributed by atoms with E-state index in [1.807, 2.05) is 0 Å². The molecule has 0 aliphatic carbocycles. The first kappa shape index (κ1) is 14.2. The second kappa shape index (κ2) is 5.83. The second-order valence-electron chi connectivity index (χ2n) is 4.71. The maximum absolute atomic E-state index is 12.5. The number of anilines is 1. The van der Waals surface area contributed by atoms with Gasteiger partial charge in [-0.3, -0.25) is 14.9 Å². The van der Waals surface area contributed by atoms with Crippen LogP contribution >= 0.6 is 0 Å². The van der Waals surface area contributed by atoms with Crippen molar-refractivity contribution in [1.29, 1.82) is 0 Å². The first-order valence-corrected chi connectivity index (χ1v) is 6.36. The van der Waals surface area contributed by atoms with Gasteiger partial charge < -0.3 is 15.7 Å². The van der Waals surface area contributed by atoms with Crippen molar-refractivity contribution in [1.82, 2.24) is 9.88 Å². The number of carbonyl (C=O) groups is 1. The number of likely N-dealkylation sites (tertiary alicyclic amines) is 1. The summed E-state index contributed by atoms with van der Waals surface area (Å²) in [4.78, 5) is 27.9. The second-order valence-corrected chi connectivity index (χ2v) is 4.71. The van der Waals surface area contributed by atoms with E-state index in [4.69, 9.17) is 5.73 Å². The van der Waals surface area contributed by atoms with Crippen LogP contribution in [0.1, 0.15) is 29.6 Å². The summed E-state index contributed by atoms with van der Waals surface area (Å²) in [5, 5.41) is 20.3. The van der Waals surface area contributed by atoms with Crippen LogP contribution in [0, 0.1) is 10.1 Å². The first-order valence-electron chi connectivity index (χ1n) is 6.36. The summed E-state index contributed by atoms with van der Waals surface area (Å²) >= 11 is 0. The van der Waals surface area contributed by atoms with Gasteiger partial charge >= 0.3 is 0 Å². The third kappa shape index (κ3) is 2.69. The van der Waals surface area contributed by atoms with E-state index in [-0.39, 0.29) is 29.7 Å². The van der Waals surface area contributed by atoms with Crippen molar-refractivity contribution in [3.63, 3.8) is 0 Å². The van der Waals surface area contributed by atoms with Gasteiger partial charge in [0.15, 0.2) is 0 Å². The van der Waals surface area contributed by atoms with E-state index < -0.39 is 10.8 Å². The zero-order chi connectivity index (χ0) is 14.7. The number of nitrogens with zero attached hydrogens (tertiary/aromatic N) is 3. The van der Waals surface area contributed by atoms with Crippen molar-refractivity contribution in [2.24, 2.45) is 0 Å². The molecule has 1 unspecified atom stereocenters. The molecule has 0 spiro atoms.